The number of hydrazine groups is 1. The lowest BCUT2D eigenvalue weighted by molar-refractivity contribution is 0.0887. The number of rotatable bonds is 5. The Hall–Kier alpha value is -3.07. The number of amides is 2. The molecule has 2 N–H and O–H groups in total. The van der Waals surface area contributed by atoms with Gasteiger partial charge in [0, 0.05) is 29.1 Å². The minimum absolute atomic E-state index is 0.117. The third kappa shape index (κ3) is 4.12. The van der Waals surface area contributed by atoms with Gasteiger partial charge in [0.05, 0.1) is 6.61 Å². The normalized spacial score (nSPS) is 10.5. The fourth-order valence-electron chi connectivity index (χ4n) is 2.25. The maximum absolute atomic E-state index is 12.4. The first-order chi connectivity index (χ1) is 12.7. The molecule has 2 aromatic heterocycles. The average Bonchev–Trinajstić information content (AvgIpc) is 3.04. The number of nitrogens with zero attached hydrogens (tertiary/aromatic N) is 2. The number of hydrogen-bond acceptors (Lipinski definition) is 7. The molecule has 0 saturated carbocycles. The minimum Gasteiger partial charge on any atom is -0.451 e. The number of carbonyl (C=O) groups excluding carboxylic acids is 2. The van der Waals surface area contributed by atoms with E-state index in [-0.39, 0.29) is 12.4 Å². The van der Waals surface area contributed by atoms with Crippen molar-refractivity contribution in [2.45, 2.75) is 17.8 Å². The molecule has 0 spiro atoms. The Balaban J connectivity index is 1.82. The summed E-state index contributed by atoms with van der Waals surface area (Å²) in [6.45, 7) is 1.87. The van der Waals surface area contributed by atoms with Crippen molar-refractivity contribution in [2.75, 3.05) is 6.61 Å². The van der Waals surface area contributed by atoms with Gasteiger partial charge >= 0.3 is 12.0 Å². The Bertz CT molecular complexity index is 914. The van der Waals surface area contributed by atoms with Crippen LogP contribution < -0.4 is 10.9 Å². The van der Waals surface area contributed by atoms with Gasteiger partial charge in [-0.25, -0.2) is 20.2 Å². The zero-order valence-corrected chi connectivity index (χ0v) is 14.7. The molecule has 134 valence electrons. The monoisotopic (exact) mass is 372 g/mol. The van der Waals surface area contributed by atoms with Crippen LogP contribution in [0.15, 0.2) is 52.3 Å². The predicted octanol–water partition coefficient (Wildman–Crippen LogP) is 2.91. The summed E-state index contributed by atoms with van der Waals surface area (Å²) in [5.74, 6) is -0.0197. The van der Waals surface area contributed by atoms with Crippen molar-refractivity contribution in [2.24, 2.45) is 0 Å². The van der Waals surface area contributed by atoms with Crippen LogP contribution in [-0.2, 0) is 10.5 Å². The van der Waals surface area contributed by atoms with Crippen LogP contribution in [-0.4, -0.2) is 28.6 Å². The standard InChI is InChI=1S/C17H16N4O4S/c1-2-24-17(23)21-20-15(22)14-12(10-26-16-18-8-5-9-19-16)11-6-3-4-7-13(11)25-14/h3-9H,2,10H2,1H3,(H,20,22)(H,21,23). The molecule has 0 saturated heterocycles. The molecule has 3 rings (SSSR count). The summed E-state index contributed by atoms with van der Waals surface area (Å²) in [7, 11) is 0. The largest absolute Gasteiger partial charge is 0.451 e. The molecular formula is C17H16N4O4S. The van der Waals surface area contributed by atoms with Crippen LogP contribution in [0.25, 0.3) is 11.0 Å². The predicted molar refractivity (Wildman–Crippen MR) is 95.4 cm³/mol. The summed E-state index contributed by atoms with van der Waals surface area (Å²) in [4.78, 5) is 32.1. The van der Waals surface area contributed by atoms with E-state index in [1.165, 1.54) is 11.8 Å². The van der Waals surface area contributed by atoms with Gasteiger partial charge in [-0.3, -0.25) is 10.2 Å². The van der Waals surface area contributed by atoms with E-state index in [2.05, 4.69) is 20.8 Å². The fourth-order valence-corrected chi connectivity index (χ4v) is 3.08. The smallest absolute Gasteiger partial charge is 0.426 e. The van der Waals surface area contributed by atoms with Gasteiger partial charge in [0.15, 0.2) is 10.9 Å². The Morgan fingerprint density at radius 3 is 2.69 bits per heavy atom. The SMILES string of the molecule is CCOC(=O)NNC(=O)c1oc2ccccc2c1CSc1ncccn1. The van der Waals surface area contributed by atoms with Gasteiger partial charge < -0.3 is 9.15 Å². The van der Waals surface area contributed by atoms with Crippen molar-refractivity contribution >= 4 is 34.7 Å². The van der Waals surface area contributed by atoms with Crippen molar-refractivity contribution < 1.29 is 18.7 Å². The second-order valence-electron chi connectivity index (χ2n) is 5.03. The lowest BCUT2D eigenvalue weighted by Gasteiger charge is -2.07. The van der Waals surface area contributed by atoms with Gasteiger partial charge in [-0.1, -0.05) is 30.0 Å². The molecular weight excluding hydrogens is 356 g/mol. The van der Waals surface area contributed by atoms with Gasteiger partial charge in [-0.2, -0.15) is 0 Å². The van der Waals surface area contributed by atoms with E-state index in [0.717, 1.165) is 5.39 Å². The second-order valence-corrected chi connectivity index (χ2v) is 5.97. The topological polar surface area (TPSA) is 106 Å². The van der Waals surface area contributed by atoms with Crippen LogP contribution in [0, 0.1) is 0 Å². The Morgan fingerprint density at radius 1 is 1.15 bits per heavy atom. The van der Waals surface area contributed by atoms with Gasteiger partial charge in [-0.15, -0.1) is 0 Å². The van der Waals surface area contributed by atoms with Crippen molar-refractivity contribution in [3.05, 3.63) is 54.0 Å². The molecule has 26 heavy (non-hydrogen) atoms. The molecule has 3 aromatic rings. The van der Waals surface area contributed by atoms with E-state index in [1.807, 2.05) is 18.2 Å². The van der Waals surface area contributed by atoms with Crippen molar-refractivity contribution in [3.63, 3.8) is 0 Å². The third-order valence-corrected chi connectivity index (χ3v) is 4.25. The number of fused-ring (bicyclic) bond motifs is 1. The Labute approximate surface area is 153 Å². The number of nitrogens with one attached hydrogen (secondary N) is 2. The summed E-state index contributed by atoms with van der Waals surface area (Å²) in [6.07, 6.45) is 2.56. The highest BCUT2D eigenvalue weighted by atomic mass is 32.2. The van der Waals surface area contributed by atoms with Gasteiger partial charge in [0.2, 0.25) is 0 Å². The number of benzene rings is 1. The zero-order chi connectivity index (χ0) is 18.4. The highest BCUT2D eigenvalue weighted by Crippen LogP contribution is 2.30. The lowest BCUT2D eigenvalue weighted by atomic mass is 10.1. The highest BCUT2D eigenvalue weighted by molar-refractivity contribution is 7.98. The van der Waals surface area contributed by atoms with E-state index in [9.17, 15) is 9.59 Å². The molecule has 1 aromatic carbocycles. The molecule has 0 bridgehead atoms. The fraction of sp³-hybridized carbons (Fsp3) is 0.176. The summed E-state index contributed by atoms with van der Waals surface area (Å²) in [6, 6.07) is 9.07. The molecule has 0 aliphatic carbocycles. The second kappa shape index (κ2) is 8.34. The van der Waals surface area contributed by atoms with Gasteiger partial charge in [-0.05, 0) is 19.1 Å². The Morgan fingerprint density at radius 2 is 1.92 bits per heavy atom. The molecule has 0 unspecified atom stereocenters. The first kappa shape index (κ1) is 17.7. The van der Waals surface area contributed by atoms with Gasteiger partial charge in [0.25, 0.3) is 0 Å². The van der Waals surface area contributed by atoms with Crippen LogP contribution >= 0.6 is 11.8 Å². The maximum atomic E-state index is 12.4. The van der Waals surface area contributed by atoms with Crippen molar-refractivity contribution in [1.82, 2.24) is 20.8 Å². The quantitative estimate of drug-likeness (QED) is 0.403. The van der Waals surface area contributed by atoms with Crippen LogP contribution in [0.3, 0.4) is 0 Å². The number of carbonyl (C=O) groups is 2. The third-order valence-electron chi connectivity index (χ3n) is 3.35. The van der Waals surface area contributed by atoms with Crippen LogP contribution in [0.1, 0.15) is 23.0 Å². The number of aromatic nitrogens is 2. The molecule has 9 heteroatoms. The summed E-state index contributed by atoms with van der Waals surface area (Å²) >= 11 is 1.38. The molecule has 2 amide bonds. The Kier molecular flexibility index (Phi) is 5.69. The van der Waals surface area contributed by atoms with Gasteiger partial charge in [0.1, 0.15) is 5.58 Å². The van der Waals surface area contributed by atoms with Crippen LogP contribution in [0.2, 0.25) is 0 Å². The number of para-hydroxylation sites is 1. The number of ether oxygens (including phenoxy) is 1. The number of thioether (sulfide) groups is 1. The van der Waals surface area contributed by atoms with E-state index in [0.29, 0.717) is 22.1 Å². The van der Waals surface area contributed by atoms with Crippen LogP contribution in [0.5, 0.6) is 0 Å². The summed E-state index contributed by atoms with van der Waals surface area (Å²) in [5, 5.41) is 1.41. The molecule has 2 heterocycles. The lowest BCUT2D eigenvalue weighted by Crippen LogP contribution is -2.42. The van der Waals surface area contributed by atoms with E-state index < -0.39 is 12.0 Å². The van der Waals surface area contributed by atoms with Crippen molar-refractivity contribution in [3.8, 4) is 0 Å². The number of furan rings is 1. The molecule has 0 aliphatic heterocycles. The van der Waals surface area contributed by atoms with E-state index in [1.54, 1.807) is 31.5 Å². The molecule has 0 fully saturated rings. The van der Waals surface area contributed by atoms with Crippen molar-refractivity contribution in [1.29, 1.82) is 0 Å². The molecule has 0 radical (unpaired) electrons. The molecule has 8 nitrogen and oxygen atoms in total. The highest BCUT2D eigenvalue weighted by Gasteiger charge is 2.21. The average molecular weight is 372 g/mol. The zero-order valence-electron chi connectivity index (χ0n) is 13.9. The van der Waals surface area contributed by atoms with E-state index in [4.69, 9.17) is 9.15 Å². The number of hydrogen-bond donors (Lipinski definition) is 2. The molecule has 0 aliphatic rings. The first-order valence-electron chi connectivity index (χ1n) is 7.82. The maximum Gasteiger partial charge on any atom is 0.426 e. The van der Waals surface area contributed by atoms with E-state index >= 15 is 0 Å². The molecule has 0 atom stereocenters. The summed E-state index contributed by atoms with van der Waals surface area (Å²) < 4.78 is 10.4. The minimum atomic E-state index is -0.745. The van der Waals surface area contributed by atoms with Crippen LogP contribution in [0.4, 0.5) is 4.79 Å². The summed E-state index contributed by atoms with van der Waals surface area (Å²) in [5.41, 5.74) is 5.74. The first-order valence-corrected chi connectivity index (χ1v) is 8.81.